The van der Waals surface area contributed by atoms with E-state index in [1.807, 2.05) is 13.1 Å². The number of hydrogen-bond donors (Lipinski definition) is 2. The summed E-state index contributed by atoms with van der Waals surface area (Å²) < 4.78 is 0. The second-order valence-electron chi connectivity index (χ2n) is 4.09. The van der Waals surface area contributed by atoms with Gasteiger partial charge in [-0.05, 0) is 28.8 Å². The summed E-state index contributed by atoms with van der Waals surface area (Å²) in [6, 6.07) is 1.93. The molecule has 0 saturated carbocycles. The molecule has 0 fully saturated rings. The van der Waals surface area contributed by atoms with Crippen LogP contribution in [0.15, 0.2) is 16.8 Å². The number of thiophene rings is 1. The SMILES string of the molecule is CCc1nc(NC)cc(NCc2cscc2C)n1. The van der Waals surface area contributed by atoms with Crippen molar-refractivity contribution in [3.05, 3.63) is 33.8 Å². The Kier molecular flexibility index (Phi) is 4.15. The summed E-state index contributed by atoms with van der Waals surface area (Å²) in [5, 5.41) is 10.7. The minimum atomic E-state index is 0.804. The van der Waals surface area contributed by atoms with E-state index in [0.29, 0.717) is 0 Å². The molecule has 2 aromatic heterocycles. The van der Waals surface area contributed by atoms with Gasteiger partial charge in [0.05, 0.1) is 0 Å². The maximum absolute atomic E-state index is 4.47. The molecule has 0 radical (unpaired) electrons. The largest absolute Gasteiger partial charge is 0.373 e. The van der Waals surface area contributed by atoms with Crippen LogP contribution >= 0.6 is 11.3 Å². The fraction of sp³-hybridized carbons (Fsp3) is 0.385. The highest BCUT2D eigenvalue weighted by molar-refractivity contribution is 7.08. The second-order valence-corrected chi connectivity index (χ2v) is 4.84. The van der Waals surface area contributed by atoms with Crippen molar-refractivity contribution in [2.45, 2.75) is 26.8 Å². The lowest BCUT2D eigenvalue weighted by atomic mass is 10.2. The molecule has 4 nitrogen and oxygen atoms in total. The fourth-order valence-electron chi connectivity index (χ4n) is 1.63. The highest BCUT2D eigenvalue weighted by atomic mass is 32.1. The molecule has 2 rings (SSSR count). The Balaban J connectivity index is 2.11. The third-order valence-electron chi connectivity index (χ3n) is 2.77. The van der Waals surface area contributed by atoms with Gasteiger partial charge in [-0.25, -0.2) is 9.97 Å². The third kappa shape index (κ3) is 2.98. The van der Waals surface area contributed by atoms with Gasteiger partial charge in [0.25, 0.3) is 0 Å². The van der Waals surface area contributed by atoms with Crippen LogP contribution in [0.4, 0.5) is 11.6 Å². The van der Waals surface area contributed by atoms with Gasteiger partial charge < -0.3 is 10.6 Å². The first-order chi connectivity index (χ1) is 8.72. The molecule has 0 atom stereocenters. The van der Waals surface area contributed by atoms with Gasteiger partial charge in [0.1, 0.15) is 17.5 Å². The molecule has 0 aliphatic heterocycles. The Morgan fingerprint density at radius 1 is 1.22 bits per heavy atom. The highest BCUT2D eigenvalue weighted by Gasteiger charge is 2.04. The number of anilines is 2. The number of aromatic nitrogens is 2. The normalized spacial score (nSPS) is 10.4. The van der Waals surface area contributed by atoms with E-state index in [-0.39, 0.29) is 0 Å². The van der Waals surface area contributed by atoms with E-state index in [9.17, 15) is 0 Å². The fourth-order valence-corrected chi connectivity index (χ4v) is 2.48. The maximum atomic E-state index is 4.47. The summed E-state index contributed by atoms with van der Waals surface area (Å²) >= 11 is 1.73. The van der Waals surface area contributed by atoms with Gasteiger partial charge in [0.2, 0.25) is 0 Å². The summed E-state index contributed by atoms with van der Waals surface area (Å²) in [6.45, 7) is 4.99. The molecular weight excluding hydrogens is 244 g/mol. The molecule has 2 N–H and O–H groups in total. The topological polar surface area (TPSA) is 49.8 Å². The number of hydrogen-bond acceptors (Lipinski definition) is 5. The van der Waals surface area contributed by atoms with Crippen LogP contribution in [0.1, 0.15) is 23.9 Å². The monoisotopic (exact) mass is 262 g/mol. The van der Waals surface area contributed by atoms with Crippen molar-refractivity contribution in [3.8, 4) is 0 Å². The quantitative estimate of drug-likeness (QED) is 0.869. The van der Waals surface area contributed by atoms with Crippen molar-refractivity contribution >= 4 is 23.0 Å². The zero-order chi connectivity index (χ0) is 13.0. The minimum absolute atomic E-state index is 0.804. The van der Waals surface area contributed by atoms with Crippen molar-refractivity contribution in [1.29, 1.82) is 0 Å². The summed E-state index contributed by atoms with van der Waals surface area (Å²) in [5.74, 6) is 2.58. The predicted octanol–water partition coefficient (Wildman–Crippen LogP) is 3.06. The van der Waals surface area contributed by atoms with E-state index >= 15 is 0 Å². The van der Waals surface area contributed by atoms with E-state index in [0.717, 1.165) is 30.4 Å². The molecule has 2 aromatic rings. The average molecular weight is 262 g/mol. The lowest BCUT2D eigenvalue weighted by Gasteiger charge is -2.09. The Hall–Kier alpha value is -1.62. The molecular formula is C13H18N4S. The molecule has 0 saturated heterocycles. The second kappa shape index (κ2) is 5.82. The van der Waals surface area contributed by atoms with Gasteiger partial charge in [-0.3, -0.25) is 0 Å². The van der Waals surface area contributed by atoms with Crippen molar-refractivity contribution in [2.75, 3.05) is 17.7 Å². The third-order valence-corrected chi connectivity index (χ3v) is 3.68. The number of rotatable bonds is 5. The zero-order valence-electron chi connectivity index (χ0n) is 10.9. The Bertz CT molecular complexity index is 499. The minimum Gasteiger partial charge on any atom is -0.373 e. The van der Waals surface area contributed by atoms with E-state index in [1.54, 1.807) is 11.3 Å². The highest BCUT2D eigenvalue weighted by Crippen LogP contribution is 2.16. The molecule has 2 heterocycles. The summed E-state index contributed by atoms with van der Waals surface area (Å²) in [7, 11) is 1.87. The molecule has 18 heavy (non-hydrogen) atoms. The molecule has 5 heteroatoms. The first kappa shape index (κ1) is 12.8. The van der Waals surface area contributed by atoms with Gasteiger partial charge >= 0.3 is 0 Å². The Morgan fingerprint density at radius 3 is 2.61 bits per heavy atom. The van der Waals surface area contributed by atoms with Crippen LogP contribution in [0.3, 0.4) is 0 Å². The standard InChI is InChI=1S/C13H18N4S/c1-4-11-16-12(14-3)5-13(17-11)15-6-10-8-18-7-9(10)2/h5,7-8H,4,6H2,1-3H3,(H2,14,15,16,17). The summed E-state index contributed by atoms with van der Waals surface area (Å²) in [6.07, 6.45) is 0.835. The van der Waals surface area contributed by atoms with Crippen molar-refractivity contribution in [1.82, 2.24) is 9.97 Å². The van der Waals surface area contributed by atoms with E-state index in [2.05, 4.69) is 45.2 Å². The van der Waals surface area contributed by atoms with Crippen LogP contribution in [-0.2, 0) is 13.0 Å². The molecule has 0 aliphatic rings. The van der Waals surface area contributed by atoms with E-state index in [4.69, 9.17) is 0 Å². The maximum Gasteiger partial charge on any atom is 0.132 e. The molecule has 96 valence electrons. The first-order valence-corrected chi connectivity index (χ1v) is 6.98. The molecule has 0 unspecified atom stereocenters. The first-order valence-electron chi connectivity index (χ1n) is 6.04. The number of nitrogens with one attached hydrogen (secondary N) is 2. The van der Waals surface area contributed by atoms with Gasteiger partial charge in [-0.1, -0.05) is 6.92 Å². The Morgan fingerprint density at radius 2 is 2.00 bits per heavy atom. The van der Waals surface area contributed by atoms with Gasteiger partial charge in [0, 0.05) is 26.1 Å². The lowest BCUT2D eigenvalue weighted by Crippen LogP contribution is -2.06. The smallest absolute Gasteiger partial charge is 0.132 e. The lowest BCUT2D eigenvalue weighted by molar-refractivity contribution is 0.934. The van der Waals surface area contributed by atoms with Crippen molar-refractivity contribution < 1.29 is 0 Å². The molecule has 0 bridgehead atoms. The molecule has 0 aliphatic carbocycles. The Labute approximate surface area is 111 Å². The van der Waals surface area contributed by atoms with Crippen LogP contribution < -0.4 is 10.6 Å². The average Bonchev–Trinajstić information content (AvgIpc) is 2.81. The molecule has 0 aromatic carbocycles. The van der Waals surface area contributed by atoms with E-state index < -0.39 is 0 Å². The summed E-state index contributed by atoms with van der Waals surface area (Å²) in [5.41, 5.74) is 2.65. The van der Waals surface area contributed by atoms with Crippen molar-refractivity contribution in [3.63, 3.8) is 0 Å². The zero-order valence-corrected chi connectivity index (χ0v) is 11.8. The van der Waals surface area contributed by atoms with Crippen LogP contribution in [0, 0.1) is 6.92 Å². The van der Waals surface area contributed by atoms with Gasteiger partial charge in [-0.2, -0.15) is 11.3 Å². The van der Waals surface area contributed by atoms with Crippen LogP contribution in [0.5, 0.6) is 0 Å². The van der Waals surface area contributed by atoms with Gasteiger partial charge in [-0.15, -0.1) is 0 Å². The summed E-state index contributed by atoms with van der Waals surface area (Å²) in [4.78, 5) is 8.84. The molecule has 0 spiro atoms. The predicted molar refractivity (Wildman–Crippen MR) is 77.3 cm³/mol. The van der Waals surface area contributed by atoms with Gasteiger partial charge in [0.15, 0.2) is 0 Å². The van der Waals surface area contributed by atoms with E-state index in [1.165, 1.54) is 11.1 Å². The molecule has 0 amide bonds. The van der Waals surface area contributed by atoms with Crippen molar-refractivity contribution in [2.24, 2.45) is 0 Å². The van der Waals surface area contributed by atoms with Crippen LogP contribution in [-0.4, -0.2) is 17.0 Å². The van der Waals surface area contributed by atoms with Crippen LogP contribution in [0.2, 0.25) is 0 Å². The van der Waals surface area contributed by atoms with Crippen LogP contribution in [0.25, 0.3) is 0 Å². The number of aryl methyl sites for hydroxylation is 2. The number of nitrogens with zero attached hydrogens (tertiary/aromatic N) is 2.